The zero-order valence-corrected chi connectivity index (χ0v) is 17.9. The van der Waals surface area contributed by atoms with Crippen LogP contribution >= 0.6 is 0 Å². The average Bonchev–Trinajstić information content (AvgIpc) is 3.30. The van der Waals surface area contributed by atoms with Gasteiger partial charge in [0.2, 0.25) is 0 Å². The predicted octanol–water partition coefficient (Wildman–Crippen LogP) is 3.69. The minimum atomic E-state index is -0.512. The van der Waals surface area contributed by atoms with Crippen LogP contribution in [0, 0.1) is 13.8 Å². The Hall–Kier alpha value is -3.68. The van der Waals surface area contributed by atoms with Gasteiger partial charge in [0.15, 0.2) is 0 Å². The highest BCUT2D eigenvalue weighted by Gasteiger charge is 2.26. The van der Waals surface area contributed by atoms with Crippen molar-refractivity contribution in [2.24, 2.45) is 0 Å². The number of carbonyl (C=O) groups is 1. The molecule has 0 aliphatic rings. The van der Waals surface area contributed by atoms with Gasteiger partial charge >= 0.3 is 0 Å². The van der Waals surface area contributed by atoms with Gasteiger partial charge in [-0.2, -0.15) is 0 Å². The van der Waals surface area contributed by atoms with Crippen molar-refractivity contribution >= 4 is 16.8 Å². The number of amides is 1. The molecule has 0 aliphatic carbocycles. The molecule has 3 N–H and O–H groups in total. The molecule has 160 valence electrons. The second-order valence-electron chi connectivity index (χ2n) is 8.00. The summed E-state index contributed by atoms with van der Waals surface area (Å²) in [6.07, 6.45) is 2.39. The van der Waals surface area contributed by atoms with E-state index in [1.807, 2.05) is 44.3 Å². The topological polar surface area (TPSA) is 117 Å². The first kappa shape index (κ1) is 20.6. The average molecular weight is 419 g/mol. The molecule has 0 spiro atoms. The van der Waals surface area contributed by atoms with Crippen LogP contribution in [0.25, 0.3) is 10.9 Å². The number of H-pyrrole nitrogens is 2. The molecule has 1 atom stereocenters. The maximum Gasteiger partial charge on any atom is 0.257 e. The van der Waals surface area contributed by atoms with E-state index in [0.717, 1.165) is 16.5 Å². The number of nitrogens with zero attached hydrogens (tertiary/aromatic N) is 2. The van der Waals surface area contributed by atoms with Gasteiger partial charge in [-0.1, -0.05) is 37.2 Å². The summed E-state index contributed by atoms with van der Waals surface area (Å²) in [4.78, 5) is 35.8. The minimum Gasteiger partial charge on any atom is -0.361 e. The van der Waals surface area contributed by atoms with Gasteiger partial charge in [-0.05, 0) is 31.4 Å². The van der Waals surface area contributed by atoms with Crippen LogP contribution in [0.3, 0.4) is 0 Å². The Morgan fingerprint density at radius 2 is 2.00 bits per heavy atom. The zero-order valence-electron chi connectivity index (χ0n) is 17.9. The molecule has 1 aromatic carbocycles. The van der Waals surface area contributed by atoms with Gasteiger partial charge in [0.05, 0.1) is 17.4 Å². The number of hydrogen-bond donors (Lipinski definition) is 3. The molecule has 0 bridgehead atoms. The van der Waals surface area contributed by atoms with E-state index in [1.54, 1.807) is 13.8 Å². The first-order chi connectivity index (χ1) is 14.8. The van der Waals surface area contributed by atoms with E-state index in [0.29, 0.717) is 35.0 Å². The van der Waals surface area contributed by atoms with Crippen LogP contribution in [-0.4, -0.2) is 26.0 Å². The zero-order chi connectivity index (χ0) is 22.1. The second kappa shape index (κ2) is 8.22. The summed E-state index contributed by atoms with van der Waals surface area (Å²) in [7, 11) is 0. The number of fused-ring (bicyclic) bond motifs is 1. The van der Waals surface area contributed by atoms with Crippen molar-refractivity contribution in [1.29, 1.82) is 0 Å². The lowest BCUT2D eigenvalue weighted by Gasteiger charge is -2.19. The molecular weight excluding hydrogens is 394 g/mol. The van der Waals surface area contributed by atoms with Gasteiger partial charge < -0.3 is 19.8 Å². The van der Waals surface area contributed by atoms with Gasteiger partial charge in [-0.15, -0.1) is 0 Å². The molecule has 0 fully saturated rings. The molecule has 0 unspecified atom stereocenters. The van der Waals surface area contributed by atoms with E-state index < -0.39 is 6.04 Å². The number of carbonyl (C=O) groups excluding carboxylic acids is 1. The molecule has 8 heteroatoms. The van der Waals surface area contributed by atoms with Crippen LogP contribution in [-0.2, 0) is 6.42 Å². The third kappa shape index (κ3) is 4.14. The van der Waals surface area contributed by atoms with E-state index in [1.165, 1.54) is 6.07 Å². The van der Waals surface area contributed by atoms with Crippen molar-refractivity contribution in [3.8, 4) is 0 Å². The summed E-state index contributed by atoms with van der Waals surface area (Å²) in [5, 5.41) is 8.17. The summed E-state index contributed by atoms with van der Waals surface area (Å²) < 4.78 is 5.28. The Balaban J connectivity index is 1.73. The molecule has 4 rings (SSSR count). The molecule has 4 aromatic rings. The number of aryl methyl sites for hydroxylation is 2. The van der Waals surface area contributed by atoms with Crippen molar-refractivity contribution in [2.45, 2.75) is 46.1 Å². The van der Waals surface area contributed by atoms with E-state index in [4.69, 9.17) is 4.52 Å². The summed E-state index contributed by atoms with van der Waals surface area (Å²) in [6.45, 7) is 7.35. The van der Waals surface area contributed by atoms with Crippen molar-refractivity contribution in [3.63, 3.8) is 0 Å². The third-order valence-electron chi connectivity index (χ3n) is 5.30. The number of aromatic amines is 2. The van der Waals surface area contributed by atoms with Crippen LogP contribution in [0.15, 0.2) is 45.8 Å². The van der Waals surface area contributed by atoms with Gasteiger partial charge in [-0.3, -0.25) is 9.59 Å². The monoisotopic (exact) mass is 419 g/mol. The standard InChI is InChI=1S/C23H25N5O3/c1-12(2)22-21(13(3)31-28-22)23(30)27-18(19-10-20(29)26-14(4)25-19)9-15-11-24-17-8-6-5-7-16(15)17/h5-8,10-12,18,24H,9H2,1-4H3,(H,27,30)(H,25,26,29)/t18-/m1/s1. The largest absolute Gasteiger partial charge is 0.361 e. The number of aromatic nitrogens is 4. The van der Waals surface area contributed by atoms with Gasteiger partial charge in [0.1, 0.15) is 17.1 Å². The van der Waals surface area contributed by atoms with Crippen LogP contribution in [0.5, 0.6) is 0 Å². The molecule has 3 heterocycles. The fourth-order valence-corrected chi connectivity index (χ4v) is 3.82. The summed E-state index contributed by atoms with van der Waals surface area (Å²) in [5.41, 5.74) is 3.31. The fourth-order valence-electron chi connectivity index (χ4n) is 3.82. The smallest absolute Gasteiger partial charge is 0.257 e. The number of nitrogens with one attached hydrogen (secondary N) is 3. The van der Waals surface area contributed by atoms with Gasteiger partial charge in [0, 0.05) is 29.6 Å². The molecule has 0 aliphatic heterocycles. The van der Waals surface area contributed by atoms with E-state index >= 15 is 0 Å². The molecular formula is C23H25N5O3. The van der Waals surface area contributed by atoms with E-state index in [-0.39, 0.29) is 17.4 Å². The Labute approximate surface area is 179 Å². The maximum absolute atomic E-state index is 13.3. The van der Waals surface area contributed by atoms with E-state index in [9.17, 15) is 9.59 Å². The summed E-state index contributed by atoms with van der Waals surface area (Å²) in [6, 6.07) is 8.87. The maximum atomic E-state index is 13.3. The highest BCUT2D eigenvalue weighted by Crippen LogP contribution is 2.26. The van der Waals surface area contributed by atoms with E-state index in [2.05, 4.69) is 25.4 Å². The minimum absolute atomic E-state index is 0.0326. The molecule has 0 radical (unpaired) electrons. The molecule has 31 heavy (non-hydrogen) atoms. The van der Waals surface area contributed by atoms with Crippen molar-refractivity contribution in [3.05, 3.63) is 81.0 Å². The Morgan fingerprint density at radius 1 is 1.23 bits per heavy atom. The van der Waals surface area contributed by atoms with Crippen LogP contribution in [0.2, 0.25) is 0 Å². The molecule has 0 saturated heterocycles. The predicted molar refractivity (Wildman–Crippen MR) is 117 cm³/mol. The Bertz CT molecular complexity index is 1300. The van der Waals surface area contributed by atoms with Crippen molar-refractivity contribution in [1.82, 2.24) is 25.4 Å². The highest BCUT2D eigenvalue weighted by molar-refractivity contribution is 5.96. The third-order valence-corrected chi connectivity index (χ3v) is 5.30. The first-order valence-electron chi connectivity index (χ1n) is 10.2. The quantitative estimate of drug-likeness (QED) is 0.441. The number of benzene rings is 1. The SMILES string of the molecule is Cc1nc([C@@H](Cc2c[nH]c3ccccc23)NC(=O)c2c(C(C)C)noc2C)cc(=O)[nH]1. The van der Waals surface area contributed by atoms with Crippen molar-refractivity contribution in [2.75, 3.05) is 0 Å². The molecule has 3 aromatic heterocycles. The lowest BCUT2D eigenvalue weighted by Crippen LogP contribution is -2.32. The Kier molecular flexibility index (Phi) is 5.46. The van der Waals surface area contributed by atoms with Crippen LogP contribution in [0.1, 0.15) is 64.7 Å². The number of rotatable bonds is 6. The first-order valence-corrected chi connectivity index (χ1v) is 10.2. The lowest BCUT2D eigenvalue weighted by atomic mass is 10.00. The Morgan fingerprint density at radius 3 is 2.74 bits per heavy atom. The summed E-state index contributed by atoms with van der Waals surface area (Å²) in [5.74, 6) is 0.684. The van der Waals surface area contributed by atoms with Crippen LogP contribution in [0.4, 0.5) is 0 Å². The van der Waals surface area contributed by atoms with Crippen LogP contribution < -0.4 is 10.9 Å². The molecule has 8 nitrogen and oxygen atoms in total. The highest BCUT2D eigenvalue weighted by atomic mass is 16.5. The molecule has 0 saturated carbocycles. The van der Waals surface area contributed by atoms with Crippen molar-refractivity contribution < 1.29 is 9.32 Å². The normalized spacial score (nSPS) is 12.4. The lowest BCUT2D eigenvalue weighted by molar-refractivity contribution is 0.0933. The van der Waals surface area contributed by atoms with Gasteiger partial charge in [0.25, 0.3) is 11.5 Å². The second-order valence-corrected chi connectivity index (χ2v) is 8.00. The van der Waals surface area contributed by atoms with Gasteiger partial charge in [-0.25, -0.2) is 4.98 Å². The number of para-hydroxylation sites is 1. The molecule has 1 amide bonds. The summed E-state index contributed by atoms with van der Waals surface area (Å²) >= 11 is 0. The fraction of sp³-hybridized carbons (Fsp3) is 0.304. The number of hydrogen-bond acceptors (Lipinski definition) is 5.